The van der Waals surface area contributed by atoms with E-state index in [2.05, 4.69) is 62.6 Å². The van der Waals surface area contributed by atoms with Crippen LogP contribution in [0.25, 0.3) is 22.0 Å². The Morgan fingerprint density at radius 3 is 2.57 bits per heavy atom. The number of unbranched alkanes of at least 4 members (excludes halogenated alkanes) is 1. The number of H-pyrrole nitrogens is 1. The number of alkyl halides is 2. The van der Waals surface area contributed by atoms with E-state index in [9.17, 15) is 32.8 Å². The highest BCUT2D eigenvalue weighted by atomic mass is 19.3. The molecule has 0 bridgehead atoms. The van der Waals surface area contributed by atoms with Gasteiger partial charge >= 0.3 is 0 Å². The normalized spacial score (nSPS) is 16.0. The van der Waals surface area contributed by atoms with Crippen molar-refractivity contribution in [3.63, 3.8) is 0 Å². The average Bonchev–Trinajstić information content (AvgIpc) is 3.84. The van der Waals surface area contributed by atoms with Crippen LogP contribution in [0, 0.1) is 11.8 Å². The van der Waals surface area contributed by atoms with E-state index < -0.39 is 24.3 Å². The molecule has 1 unspecified atom stereocenters. The summed E-state index contributed by atoms with van der Waals surface area (Å²) in [5.41, 5.74) is 7.64. The fourth-order valence-corrected chi connectivity index (χ4v) is 8.54. The number of imide groups is 1. The number of fused-ring (bicyclic) bond motifs is 3. The Labute approximate surface area is 351 Å². The smallest absolute Gasteiger partial charge is 0.269 e. The number of halogens is 2. The first-order valence-corrected chi connectivity index (χ1v) is 20.5. The highest BCUT2D eigenvalue weighted by Crippen LogP contribution is 2.43. The Bertz CT molecular complexity index is 2660. The number of hydrogen-bond acceptors (Lipinski definition) is 7. The Hall–Kier alpha value is -6.88. The van der Waals surface area contributed by atoms with E-state index in [1.807, 2.05) is 18.2 Å². The minimum Gasteiger partial charge on any atom is -0.360 e. The van der Waals surface area contributed by atoms with Gasteiger partial charge in [-0.3, -0.25) is 34.3 Å². The molecule has 1 atom stereocenters. The van der Waals surface area contributed by atoms with Crippen LogP contribution in [0.1, 0.15) is 117 Å². The van der Waals surface area contributed by atoms with Crippen molar-refractivity contribution in [1.29, 1.82) is 0 Å². The number of nitrogens with zero attached hydrogens (tertiary/aromatic N) is 3. The van der Waals surface area contributed by atoms with Crippen LogP contribution in [0.2, 0.25) is 0 Å². The molecule has 0 saturated carbocycles. The summed E-state index contributed by atoms with van der Waals surface area (Å²) >= 11 is 0. The fraction of sp³-hybridized carbons (Fsp3) is 0.319. The number of hydrogen-bond donors (Lipinski definition) is 4. The Morgan fingerprint density at radius 2 is 1.84 bits per heavy atom. The molecule has 4 N–H and O–H groups in total. The molecule has 1 fully saturated rings. The van der Waals surface area contributed by atoms with Crippen LogP contribution in [0.5, 0.6) is 0 Å². The minimum absolute atomic E-state index is 0.137. The molecule has 61 heavy (non-hydrogen) atoms. The zero-order chi connectivity index (χ0) is 42.9. The van der Waals surface area contributed by atoms with Gasteiger partial charge in [0, 0.05) is 96.4 Å². The van der Waals surface area contributed by atoms with Crippen molar-refractivity contribution >= 4 is 51.8 Å². The third kappa shape index (κ3) is 7.95. The van der Waals surface area contributed by atoms with E-state index in [0.29, 0.717) is 65.9 Å². The molecule has 1 saturated heterocycles. The largest absolute Gasteiger partial charge is 0.360 e. The predicted octanol–water partition coefficient (Wildman–Crippen LogP) is 7.06. The molecule has 3 aliphatic heterocycles. The number of piperidine rings is 1. The maximum atomic E-state index is 14.8. The van der Waals surface area contributed by atoms with E-state index in [1.54, 1.807) is 37.5 Å². The molecule has 12 nitrogen and oxygen atoms in total. The predicted molar refractivity (Wildman–Crippen MR) is 227 cm³/mol. The van der Waals surface area contributed by atoms with Crippen molar-refractivity contribution in [2.45, 2.75) is 77.3 Å². The van der Waals surface area contributed by atoms with Gasteiger partial charge in [0.15, 0.2) is 0 Å². The van der Waals surface area contributed by atoms with Gasteiger partial charge in [0.25, 0.3) is 24.1 Å². The van der Waals surface area contributed by atoms with Gasteiger partial charge in [0.05, 0.1) is 5.56 Å². The molecule has 312 valence electrons. The summed E-state index contributed by atoms with van der Waals surface area (Å²) in [5, 5.41) is 8.63. The standard InChI is InChI=1S/C47H45F2N7O5/c1-26(2)32-20-30(21-34-36(44(58)50-3)24-53-42(32)34)55-18-8-11-28-19-33(35(43(48)49)22-40(28)55)29-13-14-38(52-23-29)45(59)51-17-6-4-5-9-27-10-7-12-31-37(27)25-56(47(31)61)39-15-16-41(57)54-46(39)60/h7,10,12-14,19-24,26,39,43,53H,4,6,8,11,15-18,25H2,1-3H3,(H,50,58)(H,51,59)(H,54,57,60). The minimum atomic E-state index is -2.77. The summed E-state index contributed by atoms with van der Waals surface area (Å²) in [4.78, 5) is 74.1. The maximum Gasteiger partial charge on any atom is 0.269 e. The van der Waals surface area contributed by atoms with Gasteiger partial charge in [0.1, 0.15) is 11.7 Å². The van der Waals surface area contributed by atoms with Crippen LogP contribution in [-0.2, 0) is 22.6 Å². The number of nitrogens with one attached hydrogen (secondary N) is 4. The van der Waals surface area contributed by atoms with Gasteiger partial charge in [-0.25, -0.2) is 8.78 Å². The summed E-state index contributed by atoms with van der Waals surface area (Å²) in [6, 6.07) is 15.2. The number of anilines is 2. The highest BCUT2D eigenvalue weighted by molar-refractivity contribution is 6.09. The molecule has 3 aliphatic rings. The van der Waals surface area contributed by atoms with Crippen molar-refractivity contribution in [1.82, 2.24) is 30.8 Å². The second kappa shape index (κ2) is 17.0. The monoisotopic (exact) mass is 825 g/mol. The summed E-state index contributed by atoms with van der Waals surface area (Å²) in [5.74, 6) is 4.70. The van der Waals surface area contributed by atoms with Gasteiger partial charge in [-0.2, -0.15) is 0 Å². The average molecular weight is 826 g/mol. The molecule has 14 heteroatoms. The number of aryl methyl sites for hydroxylation is 1. The summed E-state index contributed by atoms with van der Waals surface area (Å²) < 4.78 is 29.7. The Morgan fingerprint density at radius 1 is 1.00 bits per heavy atom. The van der Waals surface area contributed by atoms with Crippen molar-refractivity contribution in [3.8, 4) is 23.0 Å². The van der Waals surface area contributed by atoms with Crippen LogP contribution in [0.3, 0.4) is 0 Å². The maximum absolute atomic E-state index is 14.8. The molecule has 8 rings (SSSR count). The molecular formula is C47H45F2N7O5. The lowest BCUT2D eigenvalue weighted by Crippen LogP contribution is -2.52. The molecule has 5 amide bonds. The second-order valence-electron chi connectivity index (χ2n) is 15.8. The third-order valence-corrected chi connectivity index (χ3v) is 11.7. The Balaban J connectivity index is 0.925. The number of pyridine rings is 1. The molecular weight excluding hydrogens is 781 g/mol. The first-order valence-electron chi connectivity index (χ1n) is 20.5. The zero-order valence-corrected chi connectivity index (χ0v) is 34.1. The van der Waals surface area contributed by atoms with Gasteiger partial charge in [-0.1, -0.05) is 37.8 Å². The number of aromatic nitrogens is 2. The van der Waals surface area contributed by atoms with Crippen LogP contribution in [0.4, 0.5) is 20.2 Å². The van der Waals surface area contributed by atoms with E-state index in [0.717, 1.165) is 39.7 Å². The van der Waals surface area contributed by atoms with Crippen LogP contribution in [-0.4, -0.2) is 70.6 Å². The zero-order valence-electron chi connectivity index (χ0n) is 34.1. The summed E-state index contributed by atoms with van der Waals surface area (Å²) in [6.45, 7) is 5.34. The van der Waals surface area contributed by atoms with Crippen LogP contribution < -0.4 is 20.9 Å². The molecule has 0 aliphatic carbocycles. The van der Waals surface area contributed by atoms with E-state index in [-0.39, 0.29) is 54.3 Å². The van der Waals surface area contributed by atoms with E-state index >= 15 is 0 Å². The molecule has 5 aromatic rings. The first kappa shape index (κ1) is 40.9. The molecule has 3 aromatic carbocycles. The Kier molecular flexibility index (Phi) is 11.4. The SMILES string of the molecule is CNC(=O)c1c[nH]c2c(C(C)C)cc(N3CCCc4cc(-c5ccc(C(=O)NCCCC#Cc6cccc7c6CN(C6CCC(=O)NC6=O)C7=O)nc5)c(C(F)F)cc43)cc12. The second-order valence-corrected chi connectivity index (χ2v) is 15.8. The third-order valence-electron chi connectivity index (χ3n) is 11.7. The van der Waals surface area contributed by atoms with Crippen molar-refractivity contribution in [2.75, 3.05) is 25.0 Å². The van der Waals surface area contributed by atoms with Crippen molar-refractivity contribution < 1.29 is 32.8 Å². The fourth-order valence-electron chi connectivity index (χ4n) is 8.54. The summed E-state index contributed by atoms with van der Waals surface area (Å²) in [6.07, 6.45) is 3.35. The topological polar surface area (TPSA) is 157 Å². The summed E-state index contributed by atoms with van der Waals surface area (Å²) in [7, 11) is 1.59. The molecule has 0 spiro atoms. The lowest BCUT2D eigenvalue weighted by molar-refractivity contribution is -0.136. The van der Waals surface area contributed by atoms with Gasteiger partial charge in [-0.15, -0.1) is 0 Å². The molecule has 5 heterocycles. The number of aromatic amines is 1. The van der Waals surface area contributed by atoms with Gasteiger partial charge < -0.3 is 25.4 Å². The van der Waals surface area contributed by atoms with Crippen LogP contribution >= 0.6 is 0 Å². The number of carbonyl (C=O) groups is 5. The van der Waals surface area contributed by atoms with E-state index in [4.69, 9.17) is 0 Å². The molecule has 2 aromatic heterocycles. The van der Waals surface area contributed by atoms with Gasteiger partial charge in [0.2, 0.25) is 11.8 Å². The lowest BCUT2D eigenvalue weighted by atomic mass is 9.91. The van der Waals surface area contributed by atoms with Crippen LogP contribution in [0.15, 0.2) is 67.0 Å². The number of benzene rings is 3. The quantitative estimate of drug-likeness (QED) is 0.0668. The van der Waals surface area contributed by atoms with Crippen molar-refractivity contribution in [3.05, 3.63) is 112 Å². The highest BCUT2D eigenvalue weighted by Gasteiger charge is 2.39. The van der Waals surface area contributed by atoms with Crippen molar-refractivity contribution in [2.24, 2.45) is 0 Å². The van der Waals surface area contributed by atoms with Gasteiger partial charge in [-0.05, 0) is 96.3 Å². The first-order chi connectivity index (χ1) is 29.4. The number of amides is 5. The number of rotatable bonds is 10. The number of carbonyl (C=O) groups excluding carboxylic acids is 5. The van der Waals surface area contributed by atoms with E-state index in [1.165, 1.54) is 17.2 Å². The lowest BCUT2D eigenvalue weighted by Gasteiger charge is -2.33. The molecule has 0 radical (unpaired) electrons.